The molecule has 4 heteroatoms. The van der Waals surface area contributed by atoms with E-state index in [9.17, 15) is 0 Å². The first-order valence-electron chi connectivity index (χ1n) is 5.25. The first kappa shape index (κ1) is 13.1. The van der Waals surface area contributed by atoms with E-state index in [1.54, 1.807) is 14.2 Å². The zero-order valence-corrected chi connectivity index (χ0v) is 10.9. The Morgan fingerprint density at radius 1 is 1.38 bits per heavy atom. The van der Waals surface area contributed by atoms with E-state index in [0.29, 0.717) is 16.5 Å². The third kappa shape index (κ3) is 2.25. The lowest BCUT2D eigenvalue weighted by atomic mass is 10.0. The predicted molar refractivity (Wildman–Crippen MR) is 66.5 cm³/mol. The molecular weight excluding hydrogens is 226 g/mol. The molecule has 1 rings (SSSR count). The summed E-state index contributed by atoms with van der Waals surface area (Å²) in [6, 6.07) is 1.70. The van der Waals surface area contributed by atoms with E-state index in [0.717, 1.165) is 17.5 Å². The quantitative estimate of drug-likeness (QED) is 0.884. The lowest BCUT2D eigenvalue weighted by molar-refractivity contribution is 0.349. The third-order valence-electron chi connectivity index (χ3n) is 2.55. The van der Waals surface area contributed by atoms with Gasteiger partial charge < -0.3 is 15.2 Å². The second-order valence-electron chi connectivity index (χ2n) is 3.64. The predicted octanol–water partition coefficient (Wildman–Crippen LogP) is 2.94. The molecular formula is C12H18ClNO2. The topological polar surface area (TPSA) is 44.5 Å². The molecule has 1 aromatic rings. The highest BCUT2D eigenvalue weighted by Gasteiger charge is 2.20. The van der Waals surface area contributed by atoms with Crippen molar-refractivity contribution in [2.75, 3.05) is 14.2 Å². The number of halogens is 1. The van der Waals surface area contributed by atoms with Crippen molar-refractivity contribution < 1.29 is 9.47 Å². The van der Waals surface area contributed by atoms with Gasteiger partial charge in [-0.15, -0.1) is 0 Å². The van der Waals surface area contributed by atoms with Gasteiger partial charge in [-0.25, -0.2) is 0 Å². The molecule has 0 aromatic heterocycles. The molecule has 0 aliphatic rings. The molecule has 0 amide bonds. The van der Waals surface area contributed by atoms with E-state index in [4.69, 9.17) is 26.8 Å². The molecule has 0 aliphatic heterocycles. The number of nitrogens with two attached hydrogens (primary N) is 1. The van der Waals surface area contributed by atoms with E-state index in [1.165, 1.54) is 0 Å². The van der Waals surface area contributed by atoms with Gasteiger partial charge in [0.2, 0.25) is 0 Å². The minimum atomic E-state index is -0.192. The second kappa shape index (κ2) is 5.41. The minimum absolute atomic E-state index is 0.192. The molecule has 1 aromatic carbocycles. The molecule has 3 nitrogen and oxygen atoms in total. The van der Waals surface area contributed by atoms with Crippen molar-refractivity contribution in [3.63, 3.8) is 0 Å². The molecule has 0 fully saturated rings. The van der Waals surface area contributed by atoms with Crippen molar-refractivity contribution in [2.24, 2.45) is 5.73 Å². The molecule has 0 radical (unpaired) electrons. The Balaban J connectivity index is 3.51. The Hall–Kier alpha value is -0.930. The van der Waals surface area contributed by atoms with Crippen LogP contribution in [-0.4, -0.2) is 14.2 Å². The van der Waals surface area contributed by atoms with Crippen molar-refractivity contribution in [1.82, 2.24) is 0 Å². The maximum absolute atomic E-state index is 6.30. The summed E-state index contributed by atoms with van der Waals surface area (Å²) in [6.45, 7) is 3.92. The molecule has 1 unspecified atom stereocenters. The Bertz CT molecular complexity index is 378. The fourth-order valence-electron chi connectivity index (χ4n) is 1.72. The molecule has 0 saturated heterocycles. The molecule has 90 valence electrons. The van der Waals surface area contributed by atoms with Crippen LogP contribution >= 0.6 is 11.6 Å². The maximum atomic E-state index is 6.30. The first-order valence-corrected chi connectivity index (χ1v) is 5.63. The second-order valence-corrected chi connectivity index (χ2v) is 4.02. The van der Waals surface area contributed by atoms with Gasteiger partial charge in [0.05, 0.1) is 19.2 Å². The normalized spacial score (nSPS) is 12.4. The molecule has 16 heavy (non-hydrogen) atoms. The van der Waals surface area contributed by atoms with Gasteiger partial charge in [-0.2, -0.15) is 0 Å². The van der Waals surface area contributed by atoms with Gasteiger partial charge in [-0.3, -0.25) is 0 Å². The van der Waals surface area contributed by atoms with Crippen LogP contribution in [-0.2, 0) is 6.42 Å². The minimum Gasteiger partial charge on any atom is -0.493 e. The van der Waals surface area contributed by atoms with Gasteiger partial charge in [-0.1, -0.05) is 18.5 Å². The fourth-order valence-corrected chi connectivity index (χ4v) is 2.16. The first-order chi connectivity index (χ1) is 7.56. The molecule has 2 N–H and O–H groups in total. The Morgan fingerprint density at radius 2 is 2.00 bits per heavy atom. The standard InChI is InChI=1S/C12H18ClNO2/c1-5-8-6-9(15-3)12(16-4)10(7(2)14)11(8)13/h6-7H,5,14H2,1-4H3. The summed E-state index contributed by atoms with van der Waals surface area (Å²) in [5.41, 5.74) is 7.74. The van der Waals surface area contributed by atoms with Gasteiger partial charge in [0.1, 0.15) is 0 Å². The summed E-state index contributed by atoms with van der Waals surface area (Å²) in [7, 11) is 3.20. The van der Waals surface area contributed by atoms with Crippen LogP contribution in [0, 0.1) is 0 Å². The van der Waals surface area contributed by atoms with Gasteiger partial charge in [-0.05, 0) is 25.0 Å². The van der Waals surface area contributed by atoms with Crippen LogP contribution in [0.25, 0.3) is 0 Å². The fraction of sp³-hybridized carbons (Fsp3) is 0.500. The third-order valence-corrected chi connectivity index (χ3v) is 3.00. The van der Waals surface area contributed by atoms with Crippen molar-refractivity contribution >= 4 is 11.6 Å². The lowest BCUT2D eigenvalue weighted by Crippen LogP contribution is -2.10. The van der Waals surface area contributed by atoms with Gasteiger partial charge in [0, 0.05) is 11.6 Å². The van der Waals surface area contributed by atoms with Crippen molar-refractivity contribution in [1.29, 1.82) is 0 Å². The summed E-state index contributed by atoms with van der Waals surface area (Å²) in [5.74, 6) is 1.30. The summed E-state index contributed by atoms with van der Waals surface area (Å²) in [6.07, 6.45) is 0.832. The summed E-state index contributed by atoms with van der Waals surface area (Å²) in [5, 5.41) is 0.676. The molecule has 0 saturated carbocycles. The van der Waals surface area contributed by atoms with Crippen LogP contribution in [0.5, 0.6) is 11.5 Å². The Morgan fingerprint density at radius 3 is 2.38 bits per heavy atom. The smallest absolute Gasteiger partial charge is 0.166 e. The van der Waals surface area contributed by atoms with Crippen LogP contribution in [0.1, 0.15) is 31.0 Å². The SMILES string of the molecule is CCc1cc(OC)c(OC)c(C(C)N)c1Cl. The lowest BCUT2D eigenvalue weighted by Gasteiger charge is -2.19. The Kier molecular flexibility index (Phi) is 4.44. The van der Waals surface area contributed by atoms with E-state index < -0.39 is 0 Å². The highest BCUT2D eigenvalue weighted by molar-refractivity contribution is 6.32. The summed E-state index contributed by atoms with van der Waals surface area (Å²) >= 11 is 6.30. The van der Waals surface area contributed by atoms with E-state index >= 15 is 0 Å². The van der Waals surface area contributed by atoms with Crippen molar-refractivity contribution in [3.05, 3.63) is 22.2 Å². The summed E-state index contributed by atoms with van der Waals surface area (Å²) < 4.78 is 10.6. The van der Waals surface area contributed by atoms with E-state index in [-0.39, 0.29) is 6.04 Å². The van der Waals surface area contributed by atoms with Crippen LogP contribution in [0.15, 0.2) is 6.07 Å². The van der Waals surface area contributed by atoms with Crippen LogP contribution in [0.4, 0.5) is 0 Å². The Labute approximate surface area is 101 Å². The maximum Gasteiger partial charge on any atom is 0.166 e. The molecule has 0 heterocycles. The number of benzene rings is 1. The van der Waals surface area contributed by atoms with E-state index in [1.807, 2.05) is 19.9 Å². The molecule has 1 atom stereocenters. The van der Waals surface area contributed by atoms with Crippen LogP contribution in [0.3, 0.4) is 0 Å². The average Bonchev–Trinajstić information content (AvgIpc) is 2.27. The number of aryl methyl sites for hydroxylation is 1. The number of hydrogen-bond acceptors (Lipinski definition) is 3. The largest absolute Gasteiger partial charge is 0.493 e. The summed E-state index contributed by atoms with van der Waals surface area (Å²) in [4.78, 5) is 0. The zero-order valence-electron chi connectivity index (χ0n) is 10.1. The van der Waals surface area contributed by atoms with E-state index in [2.05, 4.69) is 0 Å². The van der Waals surface area contributed by atoms with Gasteiger partial charge >= 0.3 is 0 Å². The zero-order chi connectivity index (χ0) is 12.3. The number of hydrogen-bond donors (Lipinski definition) is 1. The van der Waals surface area contributed by atoms with Crippen molar-refractivity contribution in [2.45, 2.75) is 26.3 Å². The molecule has 0 spiro atoms. The molecule has 0 bridgehead atoms. The van der Waals surface area contributed by atoms with Crippen LogP contribution in [0.2, 0.25) is 5.02 Å². The number of rotatable bonds is 4. The van der Waals surface area contributed by atoms with Gasteiger partial charge in [0.25, 0.3) is 0 Å². The van der Waals surface area contributed by atoms with Crippen LogP contribution < -0.4 is 15.2 Å². The highest BCUT2D eigenvalue weighted by Crippen LogP contribution is 2.41. The highest BCUT2D eigenvalue weighted by atomic mass is 35.5. The number of ether oxygens (including phenoxy) is 2. The molecule has 0 aliphatic carbocycles. The number of methoxy groups -OCH3 is 2. The van der Waals surface area contributed by atoms with Gasteiger partial charge in [0.15, 0.2) is 11.5 Å². The monoisotopic (exact) mass is 243 g/mol. The average molecular weight is 244 g/mol. The van der Waals surface area contributed by atoms with Crippen molar-refractivity contribution in [3.8, 4) is 11.5 Å².